The Hall–Kier alpha value is -1.91. The largest absolute Gasteiger partial charge is 0.461 e. The van der Waals surface area contributed by atoms with E-state index in [9.17, 15) is 14.4 Å². The maximum atomic E-state index is 11.8. The predicted molar refractivity (Wildman–Crippen MR) is 103 cm³/mol. The van der Waals surface area contributed by atoms with Crippen LogP contribution >= 0.6 is 0 Å². The Morgan fingerprint density at radius 3 is 2.33 bits per heavy atom. The van der Waals surface area contributed by atoms with Crippen LogP contribution in [0.1, 0.15) is 60.8 Å². The maximum absolute atomic E-state index is 11.8. The van der Waals surface area contributed by atoms with Gasteiger partial charge >= 0.3 is 11.9 Å². The minimum absolute atomic E-state index is 0.0147. The summed E-state index contributed by atoms with van der Waals surface area (Å²) < 4.78 is 11.0. The normalized spacial score (nSPS) is 32.4. The fourth-order valence-corrected chi connectivity index (χ4v) is 5.32. The summed E-state index contributed by atoms with van der Waals surface area (Å²) in [6, 6.07) is 0. The van der Waals surface area contributed by atoms with E-state index in [0.29, 0.717) is 0 Å². The second kappa shape index (κ2) is 7.99. The number of ether oxygens (including phenoxy) is 2. The lowest BCUT2D eigenvalue weighted by Gasteiger charge is -2.58. The Balaban J connectivity index is 2.57. The first kappa shape index (κ1) is 21.4. The Morgan fingerprint density at radius 2 is 1.78 bits per heavy atom. The number of carbonyl (C=O) groups is 3. The second-order valence-corrected chi connectivity index (χ2v) is 8.87. The quantitative estimate of drug-likeness (QED) is 0.412. The molecule has 0 spiro atoms. The zero-order valence-corrected chi connectivity index (χ0v) is 17.3. The van der Waals surface area contributed by atoms with Crippen LogP contribution in [0.25, 0.3) is 0 Å². The highest BCUT2D eigenvalue weighted by Crippen LogP contribution is 2.60. The van der Waals surface area contributed by atoms with Crippen LogP contribution in [-0.2, 0) is 23.9 Å². The van der Waals surface area contributed by atoms with Gasteiger partial charge in [0.1, 0.15) is 12.7 Å². The van der Waals surface area contributed by atoms with Crippen LogP contribution in [0.5, 0.6) is 0 Å². The molecular formula is C22H32O5. The van der Waals surface area contributed by atoms with Gasteiger partial charge in [0.05, 0.1) is 0 Å². The molecule has 2 aliphatic rings. The monoisotopic (exact) mass is 376 g/mol. The van der Waals surface area contributed by atoms with Gasteiger partial charge in [-0.15, -0.1) is 0 Å². The lowest BCUT2D eigenvalue weighted by atomic mass is 9.48. The fourth-order valence-electron chi connectivity index (χ4n) is 5.32. The smallest absolute Gasteiger partial charge is 0.303 e. The number of hydrogen-bond donors (Lipinski definition) is 0. The molecule has 2 aliphatic carbocycles. The topological polar surface area (TPSA) is 69.7 Å². The van der Waals surface area contributed by atoms with Crippen LogP contribution in [0.3, 0.4) is 0 Å². The van der Waals surface area contributed by atoms with Crippen molar-refractivity contribution in [1.29, 1.82) is 0 Å². The summed E-state index contributed by atoms with van der Waals surface area (Å²) in [5.41, 5.74) is 0.683. The van der Waals surface area contributed by atoms with Crippen molar-refractivity contribution in [3.8, 4) is 0 Å². The zero-order valence-electron chi connectivity index (χ0n) is 17.3. The highest BCUT2D eigenvalue weighted by atomic mass is 16.5. The molecule has 1 fully saturated rings. The zero-order chi connectivity index (χ0) is 20.4. The number of hydrogen-bond acceptors (Lipinski definition) is 5. The van der Waals surface area contributed by atoms with Crippen molar-refractivity contribution < 1.29 is 23.9 Å². The first-order valence-corrected chi connectivity index (χ1v) is 9.67. The molecule has 0 radical (unpaired) electrons. The average molecular weight is 376 g/mol. The lowest BCUT2D eigenvalue weighted by molar-refractivity contribution is -0.160. The molecule has 2 rings (SSSR count). The molecule has 0 aromatic rings. The number of rotatable bonds is 5. The summed E-state index contributed by atoms with van der Waals surface area (Å²) in [6.45, 7) is 11.1. The first-order chi connectivity index (χ1) is 12.5. The van der Waals surface area contributed by atoms with Crippen LogP contribution in [0.2, 0.25) is 0 Å². The van der Waals surface area contributed by atoms with Crippen LogP contribution in [0.15, 0.2) is 23.8 Å². The number of carbonyl (C=O) groups excluding carboxylic acids is 3. The molecule has 27 heavy (non-hydrogen) atoms. The van der Waals surface area contributed by atoms with Gasteiger partial charge in [-0.05, 0) is 48.3 Å². The third kappa shape index (κ3) is 4.69. The molecule has 0 aromatic carbocycles. The molecular weight excluding hydrogens is 344 g/mol. The van der Waals surface area contributed by atoms with E-state index >= 15 is 0 Å². The Morgan fingerprint density at radius 1 is 1.11 bits per heavy atom. The highest BCUT2D eigenvalue weighted by molar-refractivity contribution is 5.87. The van der Waals surface area contributed by atoms with E-state index in [0.717, 1.165) is 24.8 Å². The molecule has 5 nitrogen and oxygen atoms in total. The molecule has 0 bridgehead atoms. The SMILES string of the molecule is CC(=O)/C=C/[C@@H]1C(COC(C)=O)=C[C@@H](OC(C)=O)[C@@H]2C(C)(C)CCC[C@@]12C. The molecule has 150 valence electrons. The summed E-state index contributed by atoms with van der Waals surface area (Å²) in [6.07, 6.45) is 8.20. The van der Waals surface area contributed by atoms with Crippen LogP contribution in [-0.4, -0.2) is 30.4 Å². The molecule has 0 unspecified atom stereocenters. The van der Waals surface area contributed by atoms with Crippen molar-refractivity contribution in [2.75, 3.05) is 6.61 Å². The van der Waals surface area contributed by atoms with E-state index in [-0.39, 0.29) is 53.1 Å². The first-order valence-electron chi connectivity index (χ1n) is 9.67. The van der Waals surface area contributed by atoms with Gasteiger partial charge in [-0.25, -0.2) is 0 Å². The molecule has 4 atom stereocenters. The summed E-state index contributed by atoms with van der Waals surface area (Å²) in [5, 5.41) is 0. The molecule has 0 aromatic heterocycles. The minimum atomic E-state index is -0.365. The fraction of sp³-hybridized carbons (Fsp3) is 0.682. The van der Waals surface area contributed by atoms with E-state index in [2.05, 4.69) is 20.8 Å². The molecule has 0 amide bonds. The standard InChI is InChI=1S/C22H32O5/c1-14(23)8-9-18-17(13-26-15(2)24)12-19(27-16(3)25)20-21(4,5)10-7-11-22(18,20)6/h8-9,12,18-20H,7,10-11,13H2,1-6H3/b9-8+/t18-,19-,20-,22+/m1/s1. The van der Waals surface area contributed by atoms with E-state index in [4.69, 9.17) is 9.47 Å². The van der Waals surface area contributed by atoms with Gasteiger partial charge < -0.3 is 9.47 Å². The van der Waals surface area contributed by atoms with Gasteiger partial charge in [0.25, 0.3) is 0 Å². The van der Waals surface area contributed by atoms with Crippen molar-refractivity contribution in [1.82, 2.24) is 0 Å². The van der Waals surface area contributed by atoms with E-state index in [1.54, 1.807) is 6.08 Å². The van der Waals surface area contributed by atoms with Gasteiger partial charge in [0.2, 0.25) is 0 Å². The van der Waals surface area contributed by atoms with E-state index < -0.39 is 0 Å². The molecule has 0 aliphatic heterocycles. The second-order valence-electron chi connectivity index (χ2n) is 8.87. The van der Waals surface area contributed by atoms with Gasteiger partial charge in [0, 0.05) is 25.7 Å². The van der Waals surface area contributed by atoms with E-state index in [1.807, 2.05) is 12.2 Å². The molecule has 0 heterocycles. The summed E-state index contributed by atoms with van der Waals surface area (Å²) in [7, 11) is 0. The average Bonchev–Trinajstić information content (AvgIpc) is 2.49. The van der Waals surface area contributed by atoms with Crippen molar-refractivity contribution in [3.05, 3.63) is 23.8 Å². The number of esters is 2. The maximum Gasteiger partial charge on any atom is 0.303 e. The van der Waals surface area contributed by atoms with Crippen molar-refractivity contribution in [2.24, 2.45) is 22.7 Å². The molecule has 5 heteroatoms. The van der Waals surface area contributed by atoms with Gasteiger partial charge in [0.15, 0.2) is 5.78 Å². The van der Waals surface area contributed by atoms with Crippen LogP contribution in [0.4, 0.5) is 0 Å². The number of ketones is 1. The molecule has 1 saturated carbocycles. The number of allylic oxidation sites excluding steroid dienone is 2. The predicted octanol–water partition coefficient (Wildman–Crippen LogP) is 4.02. The Labute approximate surface area is 162 Å². The molecule has 0 N–H and O–H groups in total. The third-order valence-electron chi connectivity index (χ3n) is 6.17. The highest BCUT2D eigenvalue weighted by Gasteiger charge is 2.56. The third-order valence-corrected chi connectivity index (χ3v) is 6.17. The van der Waals surface area contributed by atoms with Crippen molar-refractivity contribution in [2.45, 2.75) is 66.9 Å². The lowest BCUT2D eigenvalue weighted by Crippen LogP contribution is -2.55. The van der Waals surface area contributed by atoms with Crippen LogP contribution in [0, 0.1) is 22.7 Å². The van der Waals surface area contributed by atoms with Crippen molar-refractivity contribution in [3.63, 3.8) is 0 Å². The summed E-state index contributed by atoms with van der Waals surface area (Å²) >= 11 is 0. The number of fused-ring (bicyclic) bond motifs is 1. The Kier molecular flexibility index (Phi) is 6.33. The van der Waals surface area contributed by atoms with Gasteiger partial charge in [-0.2, -0.15) is 0 Å². The van der Waals surface area contributed by atoms with E-state index in [1.165, 1.54) is 20.8 Å². The van der Waals surface area contributed by atoms with Gasteiger partial charge in [-0.3, -0.25) is 14.4 Å². The Bertz CT molecular complexity index is 672. The summed E-state index contributed by atoms with van der Waals surface area (Å²) in [5.74, 6) is -0.614. The van der Waals surface area contributed by atoms with Crippen molar-refractivity contribution >= 4 is 17.7 Å². The summed E-state index contributed by atoms with van der Waals surface area (Å²) in [4.78, 5) is 34.8. The minimum Gasteiger partial charge on any atom is -0.461 e. The molecule has 0 saturated heterocycles. The van der Waals surface area contributed by atoms with Gasteiger partial charge in [-0.1, -0.05) is 33.3 Å². The van der Waals surface area contributed by atoms with Crippen LogP contribution < -0.4 is 0 Å².